The third kappa shape index (κ3) is 2.70. The van der Waals surface area contributed by atoms with Crippen LogP contribution in [0, 0.1) is 6.92 Å². The van der Waals surface area contributed by atoms with E-state index in [4.69, 9.17) is 0 Å². The lowest BCUT2D eigenvalue weighted by Gasteiger charge is -2.06. The Morgan fingerprint density at radius 3 is 2.45 bits per heavy atom. The molecule has 2 heterocycles. The molecule has 0 aliphatic carbocycles. The Hall–Kier alpha value is -1.81. The quantitative estimate of drug-likeness (QED) is 0.651. The summed E-state index contributed by atoms with van der Waals surface area (Å²) in [6, 6.07) is 10.2. The van der Waals surface area contributed by atoms with Crippen LogP contribution in [0.25, 0.3) is 16.9 Å². The highest BCUT2D eigenvalue weighted by Crippen LogP contribution is 2.24. The van der Waals surface area contributed by atoms with Gasteiger partial charge in [0.1, 0.15) is 5.03 Å². The van der Waals surface area contributed by atoms with Crippen molar-refractivity contribution in [2.45, 2.75) is 25.8 Å². The van der Waals surface area contributed by atoms with E-state index in [1.807, 2.05) is 50.7 Å². The van der Waals surface area contributed by atoms with Crippen molar-refractivity contribution in [3.8, 4) is 11.3 Å². The number of imidazole rings is 1. The van der Waals surface area contributed by atoms with Gasteiger partial charge in [0.05, 0.1) is 5.69 Å². The number of fused-ring (bicyclic) bond motifs is 1. The van der Waals surface area contributed by atoms with Gasteiger partial charge in [-0.1, -0.05) is 44.2 Å². The maximum atomic E-state index is 4.68. The number of hydrogen-bond donors (Lipinski definition) is 0. The standard InChI is InChI=1S/C14H13N3S.C2H6/c1-10-8-15-13-14(18-2)16-12(9-17(10)13)11-6-4-3-5-7-11;1-2/h3-9H,1-2H3;1-2H3. The number of hydrogen-bond acceptors (Lipinski definition) is 3. The SMILES string of the molecule is CC.CSc1nc(-c2ccccc2)cn2c(C)cnc12. The second-order valence-corrected chi connectivity index (χ2v) is 4.89. The lowest BCUT2D eigenvalue weighted by Crippen LogP contribution is -1.95. The van der Waals surface area contributed by atoms with Crippen LogP contribution in [0.3, 0.4) is 0 Å². The summed E-state index contributed by atoms with van der Waals surface area (Å²) in [6.07, 6.45) is 5.96. The second kappa shape index (κ2) is 6.57. The molecule has 0 amide bonds. The van der Waals surface area contributed by atoms with Gasteiger partial charge in [-0.05, 0) is 13.2 Å². The van der Waals surface area contributed by atoms with Crippen LogP contribution >= 0.6 is 11.8 Å². The molecule has 0 aliphatic heterocycles. The summed E-state index contributed by atoms with van der Waals surface area (Å²) in [5.41, 5.74) is 4.16. The monoisotopic (exact) mass is 285 g/mol. The maximum absolute atomic E-state index is 4.68. The van der Waals surface area contributed by atoms with Crippen LogP contribution in [0.2, 0.25) is 0 Å². The number of thioether (sulfide) groups is 1. The molecule has 0 bridgehead atoms. The first kappa shape index (κ1) is 14.6. The average molecular weight is 285 g/mol. The summed E-state index contributed by atoms with van der Waals surface area (Å²) in [4.78, 5) is 9.09. The third-order valence-electron chi connectivity index (χ3n) is 2.91. The average Bonchev–Trinajstić information content (AvgIpc) is 2.91. The molecule has 3 nitrogen and oxygen atoms in total. The van der Waals surface area contributed by atoms with Crippen LogP contribution in [0.1, 0.15) is 19.5 Å². The summed E-state index contributed by atoms with van der Waals surface area (Å²) in [7, 11) is 0. The number of aryl methyl sites for hydroxylation is 1. The summed E-state index contributed by atoms with van der Waals surface area (Å²) >= 11 is 1.63. The zero-order chi connectivity index (χ0) is 14.5. The summed E-state index contributed by atoms with van der Waals surface area (Å²) < 4.78 is 2.10. The van der Waals surface area contributed by atoms with Gasteiger partial charge in [-0.3, -0.25) is 4.40 Å². The van der Waals surface area contributed by atoms with Gasteiger partial charge in [-0.15, -0.1) is 11.8 Å². The zero-order valence-electron chi connectivity index (χ0n) is 12.3. The van der Waals surface area contributed by atoms with Gasteiger partial charge < -0.3 is 0 Å². The maximum Gasteiger partial charge on any atom is 0.169 e. The molecule has 104 valence electrons. The summed E-state index contributed by atoms with van der Waals surface area (Å²) in [5.74, 6) is 0. The molecule has 0 saturated heterocycles. The Kier molecular flexibility index (Phi) is 4.79. The van der Waals surface area contributed by atoms with E-state index in [1.54, 1.807) is 11.8 Å². The van der Waals surface area contributed by atoms with E-state index in [9.17, 15) is 0 Å². The van der Waals surface area contributed by atoms with Crippen LogP contribution in [-0.2, 0) is 0 Å². The number of benzene rings is 1. The van der Waals surface area contributed by atoms with E-state index >= 15 is 0 Å². The number of nitrogens with zero attached hydrogens (tertiary/aromatic N) is 3. The fourth-order valence-corrected chi connectivity index (χ4v) is 2.49. The van der Waals surface area contributed by atoms with Crippen LogP contribution in [0.5, 0.6) is 0 Å². The Bertz CT molecular complexity index is 690. The van der Waals surface area contributed by atoms with Gasteiger partial charge in [0.15, 0.2) is 5.65 Å². The highest BCUT2D eigenvalue weighted by Gasteiger charge is 2.09. The molecule has 3 rings (SSSR count). The molecule has 0 aliphatic rings. The largest absolute Gasteiger partial charge is 0.300 e. The number of aromatic nitrogens is 3. The lowest BCUT2D eigenvalue weighted by molar-refractivity contribution is 1.01. The van der Waals surface area contributed by atoms with Crippen molar-refractivity contribution in [3.63, 3.8) is 0 Å². The molecule has 3 aromatic rings. The molecular weight excluding hydrogens is 266 g/mol. The molecule has 0 unspecified atom stereocenters. The highest BCUT2D eigenvalue weighted by atomic mass is 32.2. The second-order valence-electron chi connectivity index (χ2n) is 4.09. The summed E-state index contributed by atoms with van der Waals surface area (Å²) in [6.45, 7) is 6.05. The molecule has 0 atom stereocenters. The fraction of sp³-hybridized carbons (Fsp3) is 0.250. The van der Waals surface area contributed by atoms with E-state index in [0.717, 1.165) is 27.6 Å². The predicted octanol–water partition coefficient (Wildman–Crippen LogP) is 4.45. The molecule has 0 spiro atoms. The van der Waals surface area contributed by atoms with Crippen molar-refractivity contribution in [3.05, 3.63) is 48.4 Å². The number of rotatable bonds is 2. The van der Waals surface area contributed by atoms with Gasteiger partial charge in [-0.25, -0.2) is 9.97 Å². The van der Waals surface area contributed by atoms with Crippen LogP contribution in [-0.4, -0.2) is 20.6 Å². The first-order chi connectivity index (χ1) is 9.79. The minimum Gasteiger partial charge on any atom is -0.300 e. The highest BCUT2D eigenvalue weighted by molar-refractivity contribution is 7.98. The lowest BCUT2D eigenvalue weighted by atomic mass is 10.2. The molecule has 4 heteroatoms. The third-order valence-corrected chi connectivity index (χ3v) is 3.57. The van der Waals surface area contributed by atoms with Crippen LogP contribution < -0.4 is 0 Å². The minimum absolute atomic E-state index is 0.930. The van der Waals surface area contributed by atoms with Gasteiger partial charge in [0.25, 0.3) is 0 Å². The van der Waals surface area contributed by atoms with E-state index in [2.05, 4.69) is 33.4 Å². The first-order valence-electron chi connectivity index (χ1n) is 6.73. The molecule has 1 aromatic carbocycles. The fourth-order valence-electron chi connectivity index (χ4n) is 1.96. The van der Waals surface area contributed by atoms with Crippen molar-refractivity contribution in [1.82, 2.24) is 14.4 Å². The zero-order valence-corrected chi connectivity index (χ0v) is 13.1. The van der Waals surface area contributed by atoms with E-state index in [-0.39, 0.29) is 0 Å². The molecule has 0 fully saturated rings. The van der Waals surface area contributed by atoms with Crippen LogP contribution in [0.4, 0.5) is 0 Å². The molecule has 20 heavy (non-hydrogen) atoms. The van der Waals surface area contributed by atoms with Crippen molar-refractivity contribution >= 4 is 17.4 Å². The first-order valence-corrected chi connectivity index (χ1v) is 7.96. The van der Waals surface area contributed by atoms with Crippen LogP contribution in [0.15, 0.2) is 47.8 Å². The topological polar surface area (TPSA) is 30.2 Å². The Morgan fingerprint density at radius 1 is 1.10 bits per heavy atom. The van der Waals surface area contributed by atoms with E-state index in [1.165, 1.54) is 0 Å². The molecule has 2 aromatic heterocycles. The minimum atomic E-state index is 0.930. The van der Waals surface area contributed by atoms with Gasteiger partial charge >= 0.3 is 0 Å². The molecule has 0 saturated carbocycles. The normalized spacial score (nSPS) is 10.2. The van der Waals surface area contributed by atoms with Crippen molar-refractivity contribution < 1.29 is 0 Å². The Balaban J connectivity index is 0.000000704. The van der Waals surface area contributed by atoms with Gasteiger partial charge in [0.2, 0.25) is 0 Å². The smallest absolute Gasteiger partial charge is 0.169 e. The predicted molar refractivity (Wildman–Crippen MR) is 86.3 cm³/mol. The molecule has 0 N–H and O–H groups in total. The van der Waals surface area contributed by atoms with Crippen molar-refractivity contribution in [2.75, 3.05) is 6.26 Å². The van der Waals surface area contributed by atoms with Crippen molar-refractivity contribution in [2.24, 2.45) is 0 Å². The van der Waals surface area contributed by atoms with Gasteiger partial charge in [0, 0.05) is 23.7 Å². The molecule has 0 radical (unpaired) electrons. The Morgan fingerprint density at radius 2 is 1.80 bits per heavy atom. The summed E-state index contributed by atoms with van der Waals surface area (Å²) in [5, 5.41) is 0.962. The van der Waals surface area contributed by atoms with E-state index < -0.39 is 0 Å². The van der Waals surface area contributed by atoms with E-state index in [0.29, 0.717) is 0 Å². The molecular formula is C16H19N3S. The Labute approximate surface area is 124 Å². The van der Waals surface area contributed by atoms with Gasteiger partial charge in [-0.2, -0.15) is 0 Å². The van der Waals surface area contributed by atoms with Crippen molar-refractivity contribution in [1.29, 1.82) is 0 Å².